The van der Waals surface area contributed by atoms with Crippen molar-refractivity contribution in [3.8, 4) is 11.5 Å². The number of pyridine rings is 1. The van der Waals surface area contributed by atoms with Crippen LogP contribution in [0, 0.1) is 0 Å². The Labute approximate surface area is 165 Å². The minimum atomic E-state index is -3.93. The van der Waals surface area contributed by atoms with E-state index in [0.29, 0.717) is 16.5 Å². The van der Waals surface area contributed by atoms with Crippen molar-refractivity contribution in [3.63, 3.8) is 0 Å². The molecule has 3 rings (SSSR count). The second-order valence-corrected chi connectivity index (χ2v) is 8.01. The van der Waals surface area contributed by atoms with E-state index in [-0.39, 0.29) is 20.6 Å². The van der Waals surface area contributed by atoms with Gasteiger partial charge in [0.05, 0.1) is 21.9 Å². The van der Waals surface area contributed by atoms with Gasteiger partial charge in [-0.3, -0.25) is 9.71 Å². The van der Waals surface area contributed by atoms with Crippen molar-refractivity contribution < 1.29 is 13.2 Å². The number of ether oxygens (including phenoxy) is 1. The molecule has 0 aliphatic heterocycles. The van der Waals surface area contributed by atoms with Crippen LogP contribution in [0.4, 0.5) is 5.69 Å². The van der Waals surface area contributed by atoms with Crippen LogP contribution in [0.5, 0.6) is 11.5 Å². The predicted octanol–water partition coefficient (Wildman–Crippen LogP) is 5.63. The molecular formula is C17H11Cl3N2O3S. The Morgan fingerprint density at radius 2 is 1.73 bits per heavy atom. The summed E-state index contributed by atoms with van der Waals surface area (Å²) in [4.78, 5) is 3.84. The van der Waals surface area contributed by atoms with Gasteiger partial charge in [-0.1, -0.05) is 34.8 Å². The molecule has 1 aromatic heterocycles. The molecule has 0 saturated heterocycles. The zero-order valence-electron chi connectivity index (χ0n) is 13.0. The maximum Gasteiger partial charge on any atom is 0.263 e. The van der Waals surface area contributed by atoms with Gasteiger partial charge in [0.15, 0.2) is 0 Å². The van der Waals surface area contributed by atoms with E-state index in [9.17, 15) is 8.42 Å². The molecule has 0 spiro atoms. The number of aromatic nitrogens is 1. The van der Waals surface area contributed by atoms with Gasteiger partial charge in [-0.2, -0.15) is 0 Å². The molecule has 0 atom stereocenters. The molecule has 5 nitrogen and oxygen atoms in total. The first-order valence-electron chi connectivity index (χ1n) is 7.20. The van der Waals surface area contributed by atoms with Crippen molar-refractivity contribution in [2.75, 3.05) is 4.72 Å². The lowest BCUT2D eigenvalue weighted by atomic mass is 10.3. The summed E-state index contributed by atoms with van der Waals surface area (Å²) >= 11 is 17.9. The largest absolute Gasteiger partial charge is 0.456 e. The molecule has 134 valence electrons. The molecule has 26 heavy (non-hydrogen) atoms. The summed E-state index contributed by atoms with van der Waals surface area (Å²) in [6.45, 7) is 0. The predicted molar refractivity (Wildman–Crippen MR) is 103 cm³/mol. The molecule has 0 saturated carbocycles. The molecule has 0 amide bonds. The highest BCUT2D eigenvalue weighted by molar-refractivity contribution is 7.92. The van der Waals surface area contributed by atoms with E-state index in [0.717, 1.165) is 0 Å². The average Bonchev–Trinajstić information content (AvgIpc) is 2.58. The van der Waals surface area contributed by atoms with Gasteiger partial charge < -0.3 is 4.74 Å². The maximum atomic E-state index is 12.5. The highest BCUT2D eigenvalue weighted by Gasteiger charge is 2.19. The van der Waals surface area contributed by atoms with Crippen molar-refractivity contribution in [3.05, 3.63) is 76.0 Å². The molecule has 2 aromatic carbocycles. The van der Waals surface area contributed by atoms with E-state index < -0.39 is 10.0 Å². The molecule has 0 fully saturated rings. The van der Waals surface area contributed by atoms with Crippen molar-refractivity contribution in [2.45, 2.75) is 4.90 Å². The molecule has 1 heterocycles. The molecule has 0 radical (unpaired) electrons. The third kappa shape index (κ3) is 4.40. The number of anilines is 1. The summed E-state index contributed by atoms with van der Waals surface area (Å²) in [5.74, 6) is 0.973. The van der Waals surface area contributed by atoms with Gasteiger partial charge in [-0.15, -0.1) is 0 Å². The fourth-order valence-electron chi connectivity index (χ4n) is 2.08. The van der Waals surface area contributed by atoms with E-state index in [1.807, 2.05) is 0 Å². The number of hydrogen-bond donors (Lipinski definition) is 1. The molecule has 0 bridgehead atoms. The van der Waals surface area contributed by atoms with Crippen LogP contribution in [0.15, 0.2) is 65.8 Å². The second kappa shape index (κ2) is 7.72. The molecule has 3 aromatic rings. The maximum absolute atomic E-state index is 12.5. The molecule has 1 N–H and O–H groups in total. The number of sulfonamides is 1. The number of nitrogens with one attached hydrogen (secondary N) is 1. The SMILES string of the molecule is O=S(=O)(Nc1ccc(Oc2cccnc2)cc1Cl)c1ccc(Cl)cc1Cl. The summed E-state index contributed by atoms with van der Waals surface area (Å²) in [7, 11) is -3.93. The molecule has 0 aliphatic rings. The third-order valence-electron chi connectivity index (χ3n) is 3.24. The number of nitrogens with zero attached hydrogens (tertiary/aromatic N) is 1. The number of hydrogen-bond acceptors (Lipinski definition) is 4. The van der Waals surface area contributed by atoms with Crippen LogP contribution in [0.1, 0.15) is 0 Å². The standard InChI is InChI=1S/C17H11Cl3N2O3S/c18-11-3-6-17(15(20)8-11)26(23,24)22-16-5-4-12(9-14(16)19)25-13-2-1-7-21-10-13/h1-10,22H. The number of halogens is 3. The van der Waals surface area contributed by atoms with Crippen LogP contribution in [0.25, 0.3) is 0 Å². The van der Waals surface area contributed by atoms with Gasteiger partial charge in [0, 0.05) is 17.3 Å². The molecule has 0 aliphatic carbocycles. The summed E-state index contributed by atoms with van der Waals surface area (Å²) in [6.07, 6.45) is 3.17. The van der Waals surface area contributed by atoms with Crippen LogP contribution in [-0.2, 0) is 10.0 Å². The van der Waals surface area contributed by atoms with Gasteiger partial charge >= 0.3 is 0 Å². The number of benzene rings is 2. The van der Waals surface area contributed by atoms with Crippen molar-refractivity contribution in [2.24, 2.45) is 0 Å². The fraction of sp³-hybridized carbons (Fsp3) is 0. The van der Waals surface area contributed by atoms with Crippen LogP contribution in [0.3, 0.4) is 0 Å². The highest BCUT2D eigenvalue weighted by atomic mass is 35.5. The van der Waals surface area contributed by atoms with Gasteiger partial charge in [0.2, 0.25) is 0 Å². The normalized spacial score (nSPS) is 11.2. The Hall–Kier alpha value is -1.99. The van der Waals surface area contributed by atoms with Crippen LogP contribution in [0.2, 0.25) is 15.1 Å². The van der Waals surface area contributed by atoms with Crippen LogP contribution in [-0.4, -0.2) is 13.4 Å². The lowest BCUT2D eigenvalue weighted by Crippen LogP contribution is -2.13. The Morgan fingerprint density at radius 3 is 2.38 bits per heavy atom. The van der Waals surface area contributed by atoms with Crippen LogP contribution >= 0.6 is 34.8 Å². The second-order valence-electron chi connectivity index (χ2n) is 5.11. The fourth-order valence-corrected chi connectivity index (χ4v) is 4.21. The third-order valence-corrected chi connectivity index (χ3v) is 5.63. The minimum absolute atomic E-state index is 0.0117. The summed E-state index contributed by atoms with van der Waals surface area (Å²) < 4.78 is 33.1. The van der Waals surface area contributed by atoms with Gasteiger partial charge in [0.1, 0.15) is 16.4 Å². The van der Waals surface area contributed by atoms with E-state index in [2.05, 4.69) is 9.71 Å². The quantitative estimate of drug-likeness (QED) is 0.570. The molecule has 9 heteroatoms. The molecular weight excluding hydrogens is 419 g/mol. The van der Waals surface area contributed by atoms with Crippen molar-refractivity contribution in [1.29, 1.82) is 0 Å². The first kappa shape index (κ1) is 18.8. The van der Waals surface area contributed by atoms with E-state index in [1.165, 1.54) is 30.3 Å². The van der Waals surface area contributed by atoms with E-state index in [4.69, 9.17) is 39.5 Å². The van der Waals surface area contributed by atoms with Crippen LogP contribution < -0.4 is 9.46 Å². The Balaban J connectivity index is 1.83. The summed E-state index contributed by atoms with van der Waals surface area (Å²) in [6, 6.07) is 12.2. The minimum Gasteiger partial charge on any atom is -0.456 e. The van der Waals surface area contributed by atoms with Crippen molar-refractivity contribution in [1.82, 2.24) is 4.98 Å². The van der Waals surface area contributed by atoms with Gasteiger partial charge in [-0.25, -0.2) is 8.42 Å². The zero-order chi connectivity index (χ0) is 18.7. The first-order chi connectivity index (χ1) is 12.3. The zero-order valence-corrected chi connectivity index (χ0v) is 16.1. The van der Waals surface area contributed by atoms with Gasteiger partial charge in [-0.05, 0) is 42.5 Å². The molecule has 0 unspecified atom stereocenters. The van der Waals surface area contributed by atoms with Gasteiger partial charge in [0.25, 0.3) is 10.0 Å². The lowest BCUT2D eigenvalue weighted by Gasteiger charge is -2.12. The highest BCUT2D eigenvalue weighted by Crippen LogP contribution is 2.32. The average molecular weight is 430 g/mol. The number of rotatable bonds is 5. The Bertz CT molecular complexity index is 1040. The topological polar surface area (TPSA) is 68.3 Å². The van der Waals surface area contributed by atoms with E-state index >= 15 is 0 Å². The Kier molecular flexibility index (Phi) is 5.58. The van der Waals surface area contributed by atoms with E-state index in [1.54, 1.807) is 30.6 Å². The smallest absolute Gasteiger partial charge is 0.263 e. The lowest BCUT2D eigenvalue weighted by molar-refractivity contribution is 0.480. The summed E-state index contributed by atoms with van der Waals surface area (Å²) in [5.41, 5.74) is 0.191. The van der Waals surface area contributed by atoms with Crippen molar-refractivity contribution >= 4 is 50.5 Å². The monoisotopic (exact) mass is 428 g/mol. The Morgan fingerprint density at radius 1 is 0.923 bits per heavy atom. The summed E-state index contributed by atoms with van der Waals surface area (Å²) in [5, 5.41) is 0.515. The first-order valence-corrected chi connectivity index (χ1v) is 9.82.